The molecule has 1 atom stereocenters. The Morgan fingerprint density at radius 1 is 1.50 bits per heavy atom. The highest BCUT2D eigenvalue weighted by atomic mass is 16.5. The van der Waals surface area contributed by atoms with Crippen molar-refractivity contribution in [2.45, 2.75) is 32.7 Å². The van der Waals surface area contributed by atoms with Gasteiger partial charge in [0.2, 0.25) is 0 Å². The van der Waals surface area contributed by atoms with E-state index in [1.807, 2.05) is 0 Å². The Morgan fingerprint density at radius 3 is 3.05 bits per heavy atom. The molecule has 6 heteroatoms. The van der Waals surface area contributed by atoms with E-state index < -0.39 is 5.97 Å². The van der Waals surface area contributed by atoms with Gasteiger partial charge in [0, 0.05) is 6.54 Å². The molecule has 3 rings (SSSR count). The number of carbonyl (C=O) groups is 1. The van der Waals surface area contributed by atoms with Crippen LogP contribution in [-0.4, -0.2) is 41.9 Å². The molecule has 2 aromatic rings. The maximum absolute atomic E-state index is 11.5. The average Bonchev–Trinajstić information content (AvgIpc) is 2.91. The second kappa shape index (κ2) is 5.96. The van der Waals surface area contributed by atoms with Crippen molar-refractivity contribution < 1.29 is 19.1 Å². The number of aromatic carboxylic acids is 1. The first-order valence-electron chi connectivity index (χ1n) is 7.59. The summed E-state index contributed by atoms with van der Waals surface area (Å²) in [7, 11) is 0. The number of hydrogen-bond acceptors (Lipinski definition) is 5. The van der Waals surface area contributed by atoms with Crippen molar-refractivity contribution in [3.05, 3.63) is 23.3 Å². The van der Waals surface area contributed by atoms with Gasteiger partial charge in [0.15, 0.2) is 5.58 Å². The summed E-state index contributed by atoms with van der Waals surface area (Å²) in [5.41, 5.74) is 1.84. The Hall–Kier alpha value is -2.08. The van der Waals surface area contributed by atoms with Crippen molar-refractivity contribution >= 4 is 23.1 Å². The van der Waals surface area contributed by atoms with Gasteiger partial charge >= 0.3 is 5.97 Å². The average molecular weight is 304 g/mol. The number of aryl methyl sites for hydroxylation is 1. The van der Waals surface area contributed by atoms with E-state index >= 15 is 0 Å². The van der Waals surface area contributed by atoms with Gasteiger partial charge in [-0.05, 0) is 25.0 Å². The normalized spacial score (nSPS) is 18.8. The first-order valence-corrected chi connectivity index (χ1v) is 7.59. The Labute approximate surface area is 128 Å². The number of nitrogens with zero attached hydrogens (tertiary/aromatic N) is 2. The molecule has 1 aliphatic heterocycles. The fourth-order valence-electron chi connectivity index (χ4n) is 2.95. The lowest BCUT2D eigenvalue weighted by Crippen LogP contribution is -2.45. The number of anilines is 1. The summed E-state index contributed by atoms with van der Waals surface area (Å²) in [4.78, 5) is 18.0. The summed E-state index contributed by atoms with van der Waals surface area (Å²) in [5, 5.41) is 9.40. The second-order valence-corrected chi connectivity index (χ2v) is 5.62. The van der Waals surface area contributed by atoms with Crippen LogP contribution in [0.1, 0.15) is 35.7 Å². The van der Waals surface area contributed by atoms with Crippen molar-refractivity contribution in [3.63, 3.8) is 0 Å². The number of fused-ring (bicyclic) bond motifs is 1. The zero-order valence-electron chi connectivity index (χ0n) is 12.8. The Kier molecular flexibility index (Phi) is 4.02. The molecule has 0 bridgehead atoms. The van der Waals surface area contributed by atoms with E-state index in [1.54, 1.807) is 19.1 Å². The molecule has 6 nitrogen and oxygen atoms in total. The minimum absolute atomic E-state index is 0.216. The number of aromatic nitrogens is 1. The lowest BCUT2D eigenvalue weighted by Gasteiger charge is -2.34. The zero-order chi connectivity index (χ0) is 15.7. The largest absolute Gasteiger partial charge is 0.478 e. The fraction of sp³-hybridized carbons (Fsp3) is 0.500. The van der Waals surface area contributed by atoms with Gasteiger partial charge in [0.1, 0.15) is 5.52 Å². The van der Waals surface area contributed by atoms with E-state index in [-0.39, 0.29) is 11.6 Å². The van der Waals surface area contributed by atoms with Crippen LogP contribution < -0.4 is 4.90 Å². The Morgan fingerprint density at radius 2 is 2.32 bits per heavy atom. The van der Waals surface area contributed by atoms with Gasteiger partial charge in [-0.2, -0.15) is 4.98 Å². The Bertz CT molecular complexity index is 693. The first-order chi connectivity index (χ1) is 10.6. The lowest BCUT2D eigenvalue weighted by molar-refractivity contribution is 0.0698. The molecule has 2 heterocycles. The number of morpholine rings is 1. The van der Waals surface area contributed by atoms with E-state index in [2.05, 4.69) is 16.8 Å². The fourth-order valence-corrected chi connectivity index (χ4v) is 2.95. The molecule has 0 saturated carbocycles. The summed E-state index contributed by atoms with van der Waals surface area (Å²) >= 11 is 0. The van der Waals surface area contributed by atoms with Crippen molar-refractivity contribution in [3.8, 4) is 0 Å². The molecule has 1 saturated heterocycles. The predicted molar refractivity (Wildman–Crippen MR) is 82.6 cm³/mol. The minimum atomic E-state index is -0.977. The van der Waals surface area contributed by atoms with Crippen molar-refractivity contribution in [2.75, 3.05) is 24.7 Å². The molecule has 118 valence electrons. The van der Waals surface area contributed by atoms with Gasteiger partial charge in [-0.15, -0.1) is 0 Å². The van der Waals surface area contributed by atoms with Gasteiger partial charge in [0.05, 0.1) is 24.8 Å². The van der Waals surface area contributed by atoms with Gasteiger partial charge in [-0.3, -0.25) is 0 Å². The number of ether oxygens (including phenoxy) is 1. The highest BCUT2D eigenvalue weighted by molar-refractivity contribution is 6.02. The summed E-state index contributed by atoms with van der Waals surface area (Å²) in [5.74, 6) is -0.977. The van der Waals surface area contributed by atoms with Crippen LogP contribution in [0.25, 0.3) is 11.1 Å². The molecule has 1 unspecified atom stereocenters. The maximum Gasteiger partial charge on any atom is 0.338 e. The summed E-state index contributed by atoms with van der Waals surface area (Å²) < 4.78 is 11.4. The molecule has 0 radical (unpaired) electrons. The number of benzene rings is 1. The molecule has 1 aliphatic rings. The van der Waals surface area contributed by atoms with E-state index in [1.165, 1.54) is 0 Å². The third-order valence-corrected chi connectivity index (χ3v) is 4.07. The topological polar surface area (TPSA) is 75.8 Å². The molecule has 1 fully saturated rings. The van der Waals surface area contributed by atoms with Crippen LogP contribution in [0.2, 0.25) is 0 Å². The van der Waals surface area contributed by atoms with Gasteiger partial charge in [-0.25, -0.2) is 4.79 Å². The molecule has 1 aromatic heterocycles. The smallest absolute Gasteiger partial charge is 0.338 e. The standard InChI is InChI=1S/C16H20N2O4/c1-3-4-11-9-21-8-7-18(11)16-17-14-12(22-16)6-5-10(2)13(14)15(19)20/h5-6,11H,3-4,7-9H2,1-2H3,(H,19,20). The van der Waals surface area contributed by atoms with Crippen LogP contribution in [0.4, 0.5) is 6.01 Å². The number of hydrogen-bond donors (Lipinski definition) is 1. The first kappa shape index (κ1) is 14.8. The zero-order valence-corrected chi connectivity index (χ0v) is 12.8. The van der Waals surface area contributed by atoms with Crippen molar-refractivity contribution in [1.29, 1.82) is 0 Å². The predicted octanol–water partition coefficient (Wildman–Crippen LogP) is 2.84. The molecular formula is C16H20N2O4. The van der Waals surface area contributed by atoms with Crippen molar-refractivity contribution in [1.82, 2.24) is 4.98 Å². The van der Waals surface area contributed by atoms with Crippen LogP contribution in [-0.2, 0) is 4.74 Å². The molecule has 0 aliphatic carbocycles. The maximum atomic E-state index is 11.5. The van der Waals surface area contributed by atoms with Crippen molar-refractivity contribution in [2.24, 2.45) is 0 Å². The van der Waals surface area contributed by atoms with E-state index in [4.69, 9.17) is 9.15 Å². The third-order valence-electron chi connectivity index (χ3n) is 4.07. The SMILES string of the molecule is CCCC1COCCN1c1nc2c(C(=O)O)c(C)ccc2o1. The van der Waals surface area contributed by atoms with Gasteiger partial charge in [-0.1, -0.05) is 19.4 Å². The van der Waals surface area contributed by atoms with Crippen LogP contribution in [0.15, 0.2) is 16.5 Å². The monoisotopic (exact) mass is 304 g/mol. The summed E-state index contributed by atoms with van der Waals surface area (Å²) in [6.07, 6.45) is 2.04. The van der Waals surface area contributed by atoms with Gasteiger partial charge in [0.25, 0.3) is 6.01 Å². The summed E-state index contributed by atoms with van der Waals surface area (Å²) in [6.45, 7) is 5.89. The molecule has 22 heavy (non-hydrogen) atoms. The third kappa shape index (κ3) is 2.54. The van der Waals surface area contributed by atoms with Crippen LogP contribution in [0.5, 0.6) is 0 Å². The second-order valence-electron chi connectivity index (χ2n) is 5.62. The highest BCUT2D eigenvalue weighted by Gasteiger charge is 2.27. The molecule has 1 N–H and O–H groups in total. The Balaban J connectivity index is 2.04. The molecule has 1 aromatic carbocycles. The minimum Gasteiger partial charge on any atom is -0.478 e. The highest BCUT2D eigenvalue weighted by Crippen LogP contribution is 2.29. The quantitative estimate of drug-likeness (QED) is 0.936. The van der Waals surface area contributed by atoms with Crippen LogP contribution in [0.3, 0.4) is 0 Å². The van der Waals surface area contributed by atoms with Gasteiger partial charge < -0.3 is 19.2 Å². The van der Waals surface area contributed by atoms with Crippen LogP contribution >= 0.6 is 0 Å². The number of carboxylic acids is 1. The van der Waals surface area contributed by atoms with E-state index in [0.29, 0.717) is 42.4 Å². The number of rotatable bonds is 4. The number of carboxylic acid groups (broad SMARTS) is 1. The van der Waals surface area contributed by atoms with Crippen LogP contribution in [0, 0.1) is 6.92 Å². The number of oxazole rings is 1. The van der Waals surface area contributed by atoms with E-state index in [9.17, 15) is 9.90 Å². The summed E-state index contributed by atoms with van der Waals surface area (Å²) in [6, 6.07) is 4.25. The molecular weight excluding hydrogens is 284 g/mol. The van der Waals surface area contributed by atoms with E-state index in [0.717, 1.165) is 12.8 Å². The molecule has 0 amide bonds. The molecule has 0 spiro atoms. The lowest BCUT2D eigenvalue weighted by atomic mass is 10.1.